The number of aliphatic carboxylic acids is 1. The molecule has 3 heteroatoms. The van der Waals surface area contributed by atoms with Crippen molar-refractivity contribution in [1.82, 2.24) is 0 Å². The second-order valence-corrected chi connectivity index (χ2v) is 4.50. The summed E-state index contributed by atoms with van der Waals surface area (Å²) in [5, 5.41) is 12.5. The van der Waals surface area contributed by atoms with Gasteiger partial charge in [0.2, 0.25) is 0 Å². The van der Waals surface area contributed by atoms with Gasteiger partial charge < -0.3 is 10.4 Å². The molecular formula is C17H17NO2. The van der Waals surface area contributed by atoms with E-state index in [9.17, 15) is 9.90 Å². The van der Waals surface area contributed by atoms with Crippen LogP contribution in [0.1, 0.15) is 11.5 Å². The molecule has 2 atom stereocenters. The summed E-state index contributed by atoms with van der Waals surface area (Å²) >= 11 is 0. The molecule has 0 aliphatic carbocycles. The van der Waals surface area contributed by atoms with Crippen LogP contribution in [0.4, 0.5) is 5.69 Å². The van der Waals surface area contributed by atoms with Gasteiger partial charge >= 0.3 is 5.97 Å². The van der Waals surface area contributed by atoms with Crippen LogP contribution in [0.2, 0.25) is 0 Å². The van der Waals surface area contributed by atoms with Gasteiger partial charge in [0.25, 0.3) is 0 Å². The van der Waals surface area contributed by atoms with Crippen LogP contribution in [0.25, 0.3) is 0 Å². The highest BCUT2D eigenvalue weighted by molar-refractivity contribution is 5.79. The average Bonchev–Trinajstić information content (AvgIpc) is 2.49. The number of nitrogens with one attached hydrogen (secondary N) is 1. The molecule has 0 saturated carbocycles. The van der Waals surface area contributed by atoms with Crippen molar-refractivity contribution in [3.8, 4) is 0 Å². The first-order valence-corrected chi connectivity index (χ1v) is 6.44. The largest absolute Gasteiger partial charge is 0.480 e. The van der Waals surface area contributed by atoms with Crippen LogP contribution in [-0.4, -0.2) is 17.1 Å². The van der Waals surface area contributed by atoms with E-state index in [1.54, 1.807) is 6.08 Å². The van der Waals surface area contributed by atoms with Crippen LogP contribution in [0, 0.1) is 0 Å². The molecule has 2 aromatic rings. The van der Waals surface area contributed by atoms with Crippen LogP contribution < -0.4 is 5.32 Å². The number of para-hydroxylation sites is 1. The second kappa shape index (κ2) is 6.57. The SMILES string of the molecule is C=C[C@@H](c1ccccc1)[C@@H](Nc1ccccc1)C(=O)O. The van der Waals surface area contributed by atoms with E-state index in [0.29, 0.717) is 0 Å². The molecule has 2 N–H and O–H groups in total. The van der Waals surface area contributed by atoms with Crippen LogP contribution >= 0.6 is 0 Å². The van der Waals surface area contributed by atoms with Gasteiger partial charge in [0.15, 0.2) is 0 Å². The molecule has 2 rings (SSSR count). The molecule has 0 radical (unpaired) electrons. The smallest absolute Gasteiger partial charge is 0.327 e. The molecule has 0 aliphatic heterocycles. The van der Waals surface area contributed by atoms with Gasteiger partial charge in [0, 0.05) is 11.6 Å². The number of carboxylic acids is 1. The van der Waals surface area contributed by atoms with E-state index < -0.39 is 12.0 Å². The lowest BCUT2D eigenvalue weighted by Crippen LogP contribution is -2.34. The highest BCUT2D eigenvalue weighted by Gasteiger charge is 2.27. The minimum Gasteiger partial charge on any atom is -0.480 e. The molecule has 0 heterocycles. The zero-order chi connectivity index (χ0) is 14.4. The van der Waals surface area contributed by atoms with Crippen LogP contribution in [-0.2, 0) is 4.79 Å². The standard InChI is InChI=1S/C17H17NO2/c1-2-15(13-9-5-3-6-10-13)16(17(19)20)18-14-11-7-4-8-12-14/h2-12,15-16,18H,1H2,(H,19,20)/t15-,16+/m0/s1. The minimum atomic E-state index is -0.900. The van der Waals surface area contributed by atoms with E-state index in [1.165, 1.54) is 0 Å². The van der Waals surface area contributed by atoms with Gasteiger partial charge in [-0.25, -0.2) is 4.79 Å². The lowest BCUT2D eigenvalue weighted by molar-refractivity contribution is -0.138. The molecule has 0 amide bonds. The Morgan fingerprint density at radius 2 is 1.60 bits per heavy atom. The fourth-order valence-corrected chi connectivity index (χ4v) is 2.16. The van der Waals surface area contributed by atoms with E-state index in [4.69, 9.17) is 0 Å². The molecule has 2 aromatic carbocycles. The lowest BCUT2D eigenvalue weighted by Gasteiger charge is -2.23. The van der Waals surface area contributed by atoms with Crippen molar-refractivity contribution in [3.05, 3.63) is 78.9 Å². The Morgan fingerprint density at radius 3 is 2.10 bits per heavy atom. The summed E-state index contributed by atoms with van der Waals surface area (Å²) in [5.74, 6) is -1.20. The summed E-state index contributed by atoms with van der Waals surface area (Å²) in [6.07, 6.45) is 1.67. The van der Waals surface area contributed by atoms with Gasteiger partial charge in [-0.15, -0.1) is 6.58 Å². The zero-order valence-corrected chi connectivity index (χ0v) is 11.1. The maximum atomic E-state index is 11.6. The summed E-state index contributed by atoms with van der Waals surface area (Å²) in [6, 6.07) is 18.1. The number of carbonyl (C=O) groups is 1. The predicted octanol–water partition coefficient (Wildman–Crippen LogP) is 3.52. The van der Waals surface area contributed by atoms with E-state index in [0.717, 1.165) is 11.3 Å². The van der Waals surface area contributed by atoms with Gasteiger partial charge in [-0.1, -0.05) is 54.6 Å². The highest BCUT2D eigenvalue weighted by Crippen LogP contribution is 2.24. The molecule has 0 aromatic heterocycles. The number of hydrogen-bond acceptors (Lipinski definition) is 2. The first-order valence-electron chi connectivity index (χ1n) is 6.44. The third-order valence-corrected chi connectivity index (χ3v) is 3.16. The Labute approximate surface area is 118 Å². The fourth-order valence-electron chi connectivity index (χ4n) is 2.16. The number of benzene rings is 2. The van der Waals surface area contributed by atoms with Crippen molar-refractivity contribution < 1.29 is 9.90 Å². The maximum absolute atomic E-state index is 11.6. The molecule has 0 saturated heterocycles. The van der Waals surface area contributed by atoms with Gasteiger partial charge in [-0.3, -0.25) is 0 Å². The van der Waals surface area contributed by atoms with Gasteiger partial charge in [0.1, 0.15) is 6.04 Å². The second-order valence-electron chi connectivity index (χ2n) is 4.50. The van der Waals surface area contributed by atoms with Gasteiger partial charge in [-0.05, 0) is 17.7 Å². The van der Waals surface area contributed by atoms with Gasteiger partial charge in [0.05, 0.1) is 0 Å². The Hall–Kier alpha value is -2.55. The third-order valence-electron chi connectivity index (χ3n) is 3.16. The number of carboxylic acid groups (broad SMARTS) is 1. The lowest BCUT2D eigenvalue weighted by atomic mass is 9.91. The predicted molar refractivity (Wildman–Crippen MR) is 80.9 cm³/mol. The van der Waals surface area contributed by atoms with Crippen molar-refractivity contribution in [2.24, 2.45) is 0 Å². The maximum Gasteiger partial charge on any atom is 0.327 e. The first kappa shape index (κ1) is 13.9. The Morgan fingerprint density at radius 1 is 1.05 bits per heavy atom. The number of anilines is 1. The molecular weight excluding hydrogens is 250 g/mol. The van der Waals surface area contributed by atoms with Crippen molar-refractivity contribution in [3.63, 3.8) is 0 Å². The highest BCUT2D eigenvalue weighted by atomic mass is 16.4. The topological polar surface area (TPSA) is 49.3 Å². The molecule has 0 fully saturated rings. The van der Waals surface area contributed by atoms with Crippen LogP contribution in [0.15, 0.2) is 73.3 Å². The van der Waals surface area contributed by atoms with E-state index in [1.807, 2.05) is 60.7 Å². The van der Waals surface area contributed by atoms with Crippen LogP contribution in [0.3, 0.4) is 0 Å². The van der Waals surface area contributed by atoms with Crippen molar-refractivity contribution >= 4 is 11.7 Å². The third kappa shape index (κ3) is 3.26. The first-order chi connectivity index (χ1) is 9.72. The summed E-state index contributed by atoms with van der Waals surface area (Å²) in [7, 11) is 0. The monoisotopic (exact) mass is 267 g/mol. The summed E-state index contributed by atoms with van der Waals surface area (Å²) < 4.78 is 0. The normalized spacial score (nSPS) is 13.2. The summed E-state index contributed by atoms with van der Waals surface area (Å²) in [4.78, 5) is 11.6. The number of rotatable bonds is 6. The summed E-state index contributed by atoms with van der Waals surface area (Å²) in [5.41, 5.74) is 1.71. The van der Waals surface area contributed by atoms with E-state index >= 15 is 0 Å². The quantitative estimate of drug-likeness (QED) is 0.787. The minimum absolute atomic E-state index is 0.297. The zero-order valence-electron chi connectivity index (χ0n) is 11.1. The molecule has 3 nitrogen and oxygen atoms in total. The average molecular weight is 267 g/mol. The molecule has 0 bridgehead atoms. The Balaban J connectivity index is 2.27. The Kier molecular flexibility index (Phi) is 4.56. The molecule has 20 heavy (non-hydrogen) atoms. The van der Waals surface area contributed by atoms with Crippen molar-refractivity contribution in [2.45, 2.75) is 12.0 Å². The van der Waals surface area contributed by atoms with Gasteiger partial charge in [-0.2, -0.15) is 0 Å². The fraction of sp³-hybridized carbons (Fsp3) is 0.118. The Bertz CT molecular complexity index is 566. The van der Waals surface area contributed by atoms with Crippen molar-refractivity contribution in [2.75, 3.05) is 5.32 Å². The molecule has 0 aliphatic rings. The molecule has 102 valence electrons. The van der Waals surface area contributed by atoms with E-state index in [-0.39, 0.29) is 5.92 Å². The molecule has 0 unspecified atom stereocenters. The summed E-state index contributed by atoms with van der Waals surface area (Å²) in [6.45, 7) is 3.78. The number of hydrogen-bond donors (Lipinski definition) is 2. The van der Waals surface area contributed by atoms with E-state index in [2.05, 4.69) is 11.9 Å². The molecule has 0 spiro atoms. The van der Waals surface area contributed by atoms with Crippen LogP contribution in [0.5, 0.6) is 0 Å². The van der Waals surface area contributed by atoms with Crippen molar-refractivity contribution in [1.29, 1.82) is 0 Å².